The summed E-state index contributed by atoms with van der Waals surface area (Å²) in [6, 6.07) is 6.07. The fourth-order valence-electron chi connectivity index (χ4n) is 3.00. The molecule has 0 aromatic heterocycles. The fraction of sp³-hybridized carbons (Fsp3) is 0.381. The van der Waals surface area contributed by atoms with Crippen LogP contribution in [-0.4, -0.2) is 12.5 Å². The molecule has 2 aromatic rings. The normalized spacial score (nSPS) is 10.7. The Labute approximate surface area is 169 Å². The molecule has 26 heavy (non-hydrogen) atoms. The van der Waals surface area contributed by atoms with Crippen LogP contribution in [-0.2, 0) is 4.79 Å². The summed E-state index contributed by atoms with van der Waals surface area (Å²) in [6.45, 7) is 10.5. The summed E-state index contributed by atoms with van der Waals surface area (Å²) in [5, 5.41) is 3.76. The van der Waals surface area contributed by atoms with Crippen molar-refractivity contribution in [1.82, 2.24) is 0 Å². The highest BCUT2D eigenvalue weighted by Gasteiger charge is 2.12. The summed E-state index contributed by atoms with van der Waals surface area (Å²) in [7, 11) is 0. The van der Waals surface area contributed by atoms with Crippen molar-refractivity contribution in [3.63, 3.8) is 0 Å². The topological polar surface area (TPSA) is 38.3 Å². The van der Waals surface area contributed by atoms with Crippen molar-refractivity contribution in [3.05, 3.63) is 55.5 Å². The van der Waals surface area contributed by atoms with E-state index in [2.05, 4.69) is 40.3 Å². The molecule has 140 valence electrons. The molecule has 0 aliphatic rings. The lowest BCUT2D eigenvalue weighted by Gasteiger charge is -2.14. The van der Waals surface area contributed by atoms with Crippen molar-refractivity contribution < 1.29 is 9.53 Å². The Morgan fingerprint density at radius 2 is 1.69 bits per heavy atom. The molecule has 0 aliphatic carbocycles. The van der Waals surface area contributed by atoms with Gasteiger partial charge in [-0.15, -0.1) is 0 Å². The number of benzene rings is 2. The first kappa shape index (κ1) is 20.8. The van der Waals surface area contributed by atoms with Crippen LogP contribution >= 0.6 is 27.5 Å². The molecular weight excluding hydrogens is 414 g/mol. The predicted molar refractivity (Wildman–Crippen MR) is 113 cm³/mol. The summed E-state index contributed by atoms with van der Waals surface area (Å²) in [6.07, 6.45) is 1.05. The van der Waals surface area contributed by atoms with E-state index in [9.17, 15) is 4.79 Å². The molecule has 0 bridgehead atoms. The molecule has 3 nitrogen and oxygen atoms in total. The third-order valence-corrected chi connectivity index (χ3v) is 5.88. The number of hydrogen-bond acceptors (Lipinski definition) is 2. The molecule has 2 rings (SSSR count). The van der Waals surface area contributed by atoms with Crippen molar-refractivity contribution in [2.75, 3.05) is 11.9 Å². The van der Waals surface area contributed by atoms with Crippen LogP contribution in [0.1, 0.15) is 40.7 Å². The summed E-state index contributed by atoms with van der Waals surface area (Å²) in [5.74, 6) is 0.765. The summed E-state index contributed by atoms with van der Waals surface area (Å²) < 4.78 is 6.70. The van der Waals surface area contributed by atoms with Crippen LogP contribution in [0.2, 0.25) is 5.02 Å². The van der Waals surface area contributed by atoms with Crippen molar-refractivity contribution in [1.29, 1.82) is 0 Å². The zero-order valence-corrected chi connectivity index (χ0v) is 18.3. The predicted octanol–water partition coefficient (Wildman–Crippen LogP) is 6.44. The highest BCUT2D eigenvalue weighted by atomic mass is 79.9. The summed E-state index contributed by atoms with van der Waals surface area (Å²) in [4.78, 5) is 12.2. The van der Waals surface area contributed by atoms with E-state index in [4.69, 9.17) is 16.3 Å². The number of nitrogens with one attached hydrogen (secondary N) is 1. The summed E-state index contributed by atoms with van der Waals surface area (Å²) >= 11 is 9.76. The molecule has 2 aromatic carbocycles. The molecule has 0 heterocycles. The zero-order valence-electron chi connectivity index (χ0n) is 15.9. The van der Waals surface area contributed by atoms with Crippen molar-refractivity contribution >= 4 is 39.1 Å². The fourth-order valence-corrected chi connectivity index (χ4v) is 3.69. The van der Waals surface area contributed by atoms with Gasteiger partial charge < -0.3 is 10.1 Å². The molecule has 0 atom stereocenters. The van der Waals surface area contributed by atoms with Gasteiger partial charge in [0, 0.05) is 17.1 Å². The van der Waals surface area contributed by atoms with Gasteiger partial charge in [-0.2, -0.15) is 0 Å². The number of ether oxygens (including phenoxy) is 1. The Morgan fingerprint density at radius 1 is 1.08 bits per heavy atom. The van der Waals surface area contributed by atoms with E-state index in [1.807, 2.05) is 33.8 Å². The number of carbonyl (C=O) groups excluding carboxylic acids is 1. The first-order chi connectivity index (χ1) is 12.2. The quantitative estimate of drug-likeness (QED) is 0.527. The molecule has 0 aliphatic heterocycles. The van der Waals surface area contributed by atoms with Crippen LogP contribution in [0.15, 0.2) is 22.7 Å². The number of amides is 1. The van der Waals surface area contributed by atoms with E-state index in [0.717, 1.165) is 43.2 Å². The Bertz CT molecular complexity index is 810. The first-order valence-corrected chi connectivity index (χ1v) is 9.83. The maximum Gasteiger partial charge on any atom is 0.224 e. The second kappa shape index (κ2) is 8.92. The van der Waals surface area contributed by atoms with Gasteiger partial charge in [0.1, 0.15) is 5.75 Å². The van der Waals surface area contributed by atoms with Gasteiger partial charge in [0.2, 0.25) is 5.91 Å². The lowest BCUT2D eigenvalue weighted by Crippen LogP contribution is -2.14. The minimum Gasteiger partial charge on any atom is -0.492 e. The lowest BCUT2D eigenvalue weighted by atomic mass is 10.0. The average Bonchev–Trinajstić information content (AvgIpc) is 2.57. The van der Waals surface area contributed by atoms with Gasteiger partial charge in [-0.05, 0) is 85.3 Å². The third kappa shape index (κ3) is 5.01. The molecule has 1 N–H and O–H groups in total. The molecule has 1 amide bonds. The minimum atomic E-state index is 0.00573. The Balaban J connectivity index is 1.88. The van der Waals surface area contributed by atoms with Crippen molar-refractivity contribution in [2.45, 2.75) is 47.5 Å². The minimum absolute atomic E-state index is 0.00573. The smallest absolute Gasteiger partial charge is 0.224 e. The Hall–Kier alpha value is -1.52. The van der Waals surface area contributed by atoms with Crippen molar-refractivity contribution in [2.24, 2.45) is 0 Å². The van der Waals surface area contributed by atoms with E-state index in [1.165, 1.54) is 5.56 Å². The second-order valence-electron chi connectivity index (χ2n) is 6.72. The molecule has 0 fully saturated rings. The molecule has 0 spiro atoms. The maximum absolute atomic E-state index is 12.2. The van der Waals surface area contributed by atoms with E-state index in [0.29, 0.717) is 19.4 Å². The standard InChI is InChI=1S/C21H25BrClNO2/c1-12-9-14(3)21(15(4)10-12)24-18(25)7-6-8-26-17-11-13(2)20(23)16(5)19(17)22/h9-11H,6-8H2,1-5H3,(H,24,25). The number of anilines is 1. The highest BCUT2D eigenvalue weighted by Crippen LogP contribution is 2.35. The van der Waals surface area contributed by atoms with Gasteiger partial charge in [0.25, 0.3) is 0 Å². The average molecular weight is 439 g/mol. The number of aryl methyl sites for hydroxylation is 4. The highest BCUT2D eigenvalue weighted by molar-refractivity contribution is 9.10. The van der Waals surface area contributed by atoms with Gasteiger partial charge in [-0.1, -0.05) is 29.3 Å². The van der Waals surface area contributed by atoms with Crippen LogP contribution in [0.4, 0.5) is 5.69 Å². The van der Waals surface area contributed by atoms with Crippen LogP contribution in [0.25, 0.3) is 0 Å². The maximum atomic E-state index is 12.2. The molecular formula is C21H25BrClNO2. The monoisotopic (exact) mass is 437 g/mol. The SMILES string of the molecule is Cc1cc(C)c(NC(=O)CCCOc2cc(C)c(Cl)c(C)c2Br)c(C)c1. The third-order valence-electron chi connectivity index (χ3n) is 4.32. The summed E-state index contributed by atoms with van der Waals surface area (Å²) in [5.41, 5.74) is 6.22. The molecule has 0 saturated carbocycles. The zero-order chi connectivity index (χ0) is 19.4. The number of hydrogen-bond donors (Lipinski definition) is 1. The van der Waals surface area contributed by atoms with Crippen LogP contribution in [0.3, 0.4) is 0 Å². The van der Waals surface area contributed by atoms with Crippen LogP contribution < -0.4 is 10.1 Å². The van der Waals surface area contributed by atoms with Crippen LogP contribution in [0, 0.1) is 34.6 Å². The van der Waals surface area contributed by atoms with E-state index < -0.39 is 0 Å². The van der Waals surface area contributed by atoms with Crippen LogP contribution in [0.5, 0.6) is 5.75 Å². The Kier molecular flexibility index (Phi) is 7.13. The number of rotatable bonds is 6. The first-order valence-electron chi connectivity index (χ1n) is 8.66. The molecule has 0 unspecified atom stereocenters. The van der Waals surface area contributed by atoms with E-state index >= 15 is 0 Å². The molecule has 0 radical (unpaired) electrons. The Morgan fingerprint density at radius 3 is 2.31 bits per heavy atom. The number of carbonyl (C=O) groups is 1. The van der Waals surface area contributed by atoms with Gasteiger partial charge in [-0.3, -0.25) is 4.79 Å². The van der Waals surface area contributed by atoms with Gasteiger partial charge in [0.15, 0.2) is 0 Å². The lowest BCUT2D eigenvalue weighted by molar-refractivity contribution is -0.116. The number of halogens is 2. The molecule has 5 heteroatoms. The van der Waals surface area contributed by atoms with Gasteiger partial charge in [0.05, 0.1) is 11.1 Å². The van der Waals surface area contributed by atoms with E-state index in [1.54, 1.807) is 0 Å². The largest absolute Gasteiger partial charge is 0.492 e. The van der Waals surface area contributed by atoms with Crippen molar-refractivity contribution in [3.8, 4) is 5.75 Å². The molecule has 0 saturated heterocycles. The van der Waals surface area contributed by atoms with Gasteiger partial charge in [-0.25, -0.2) is 0 Å². The second-order valence-corrected chi connectivity index (χ2v) is 7.89. The van der Waals surface area contributed by atoms with Gasteiger partial charge >= 0.3 is 0 Å². The van der Waals surface area contributed by atoms with E-state index in [-0.39, 0.29) is 5.91 Å².